The molecule has 76 heavy (non-hydrogen) atoms. The summed E-state index contributed by atoms with van der Waals surface area (Å²) in [6.45, 7) is 0. The van der Waals surface area contributed by atoms with Crippen LogP contribution in [0.15, 0.2) is 285 Å². The highest BCUT2D eigenvalue weighted by atomic mass is 15.1. The largest absolute Gasteiger partial charge is 0.353 e. The van der Waals surface area contributed by atoms with Crippen LogP contribution in [0.25, 0.3) is 121 Å². The molecule has 0 amide bonds. The van der Waals surface area contributed by atoms with Crippen molar-refractivity contribution in [2.24, 2.45) is 0 Å². The van der Waals surface area contributed by atoms with E-state index < -0.39 is 0 Å². The summed E-state index contributed by atoms with van der Waals surface area (Å²) < 4.78 is 4.75. The van der Waals surface area contributed by atoms with Crippen LogP contribution in [0.4, 0.5) is 17.1 Å². The highest BCUT2D eigenvalue weighted by molar-refractivity contribution is 6.13. The Bertz CT molecular complexity index is 4640. The number of hydrogen-bond donors (Lipinski definition) is 1. The van der Waals surface area contributed by atoms with Gasteiger partial charge in [-0.2, -0.15) is 0 Å². The lowest BCUT2D eigenvalue weighted by atomic mass is 9.98. The number of nitrogens with zero attached hydrogens (tertiary/aromatic N) is 3. The zero-order chi connectivity index (χ0) is 50.1. The molecule has 0 saturated carbocycles. The quantitative estimate of drug-likeness (QED) is 0.153. The molecule has 0 saturated heterocycles. The number of fused-ring (bicyclic) bond motifs is 9. The Morgan fingerprint density at radius 3 is 1.22 bits per heavy atom. The molecule has 1 N–H and O–H groups in total. The Labute approximate surface area is 440 Å². The van der Waals surface area contributed by atoms with E-state index in [4.69, 9.17) is 0 Å². The Kier molecular flexibility index (Phi) is 10.2. The van der Waals surface area contributed by atoms with E-state index in [0.717, 1.165) is 44.9 Å². The van der Waals surface area contributed by atoms with E-state index in [1.54, 1.807) is 0 Å². The summed E-state index contributed by atoms with van der Waals surface area (Å²) in [5.41, 5.74) is 22.1. The predicted octanol–water partition coefficient (Wildman–Crippen LogP) is 19.7. The normalized spacial score (nSPS) is 11.7. The maximum Gasteiger partial charge on any atom is 0.0709 e. The first kappa shape index (κ1) is 43.4. The van der Waals surface area contributed by atoms with E-state index in [0.29, 0.717) is 0 Å². The summed E-state index contributed by atoms with van der Waals surface area (Å²) in [5.74, 6) is 0. The number of benzene rings is 12. The molecule has 0 aliphatic heterocycles. The van der Waals surface area contributed by atoms with Gasteiger partial charge < -0.3 is 19.0 Å². The topological polar surface area (TPSA) is 28.9 Å². The van der Waals surface area contributed by atoms with Crippen LogP contribution in [0.5, 0.6) is 0 Å². The molecule has 0 radical (unpaired) electrons. The van der Waals surface area contributed by atoms with Crippen molar-refractivity contribution in [3.05, 3.63) is 285 Å². The predicted molar refractivity (Wildman–Crippen MR) is 321 cm³/mol. The first-order valence-electron chi connectivity index (χ1n) is 26.1. The Hall–Kier alpha value is -10.2. The van der Waals surface area contributed by atoms with Gasteiger partial charge in [-0.1, -0.05) is 194 Å². The van der Waals surface area contributed by atoms with Crippen molar-refractivity contribution in [3.8, 4) is 55.9 Å². The maximum absolute atomic E-state index is 3.79. The molecule has 12 aromatic carbocycles. The molecule has 0 bridgehead atoms. The highest BCUT2D eigenvalue weighted by Gasteiger charge is 2.20. The number of nitrogens with one attached hydrogen (secondary N) is 1. The number of anilines is 3. The van der Waals surface area contributed by atoms with Gasteiger partial charge in [0.15, 0.2) is 0 Å². The molecule has 0 aliphatic rings. The summed E-state index contributed by atoms with van der Waals surface area (Å²) in [5, 5.41) is 7.44. The van der Waals surface area contributed by atoms with Gasteiger partial charge in [0, 0.05) is 60.6 Å². The molecular formula is C72H48N4. The standard InChI is InChI=1S/C72H48N4/c1-3-14-56(15-4-1)75-68-24-12-9-20-62(68)65-46-54(39-45-69(65)75)52-30-26-48(27-31-52)50-34-40-58(41-35-50)74(70-25-13-21-64-60-18-7-10-22-66(60)73-72(64)70)59-42-36-51(37-43-59)49-28-32-53(33-29-49)55-38-44-63-61-19-8-11-23-67(61)76(71(63)47-55)57-16-5-2-6-17-57/h1-47,73H. The number of aromatic nitrogens is 3. The van der Waals surface area contributed by atoms with E-state index in [1.165, 1.54) is 93.5 Å². The summed E-state index contributed by atoms with van der Waals surface area (Å²) in [6.07, 6.45) is 0. The van der Waals surface area contributed by atoms with Gasteiger partial charge in [0.2, 0.25) is 0 Å². The first-order chi connectivity index (χ1) is 37.7. The van der Waals surface area contributed by atoms with Gasteiger partial charge in [-0.25, -0.2) is 0 Å². The maximum atomic E-state index is 3.79. The van der Waals surface area contributed by atoms with Crippen molar-refractivity contribution in [2.45, 2.75) is 0 Å². The lowest BCUT2D eigenvalue weighted by Crippen LogP contribution is -2.10. The van der Waals surface area contributed by atoms with Gasteiger partial charge in [0.25, 0.3) is 0 Å². The molecule has 0 unspecified atom stereocenters. The Morgan fingerprint density at radius 1 is 0.250 bits per heavy atom. The van der Waals surface area contributed by atoms with Crippen LogP contribution < -0.4 is 4.90 Å². The number of hydrogen-bond acceptors (Lipinski definition) is 1. The average molecular weight is 969 g/mol. The summed E-state index contributed by atoms with van der Waals surface area (Å²) in [4.78, 5) is 6.17. The second kappa shape index (κ2) is 17.8. The molecule has 0 fully saturated rings. The minimum absolute atomic E-state index is 1.08. The lowest BCUT2D eigenvalue weighted by molar-refractivity contribution is 1.18. The first-order valence-corrected chi connectivity index (χ1v) is 26.1. The zero-order valence-electron chi connectivity index (χ0n) is 41.5. The summed E-state index contributed by atoms with van der Waals surface area (Å²) in [7, 11) is 0. The van der Waals surface area contributed by atoms with Crippen molar-refractivity contribution in [2.75, 3.05) is 4.90 Å². The SMILES string of the molecule is c1ccc(-n2c3ccccc3c3cc(-c4ccc(-c5ccc(N(c6ccc(-c7ccc(-c8ccc9c%10ccccc%10n(-c%10ccccc%10)c9c8)cc7)cc6)c6cccc7c6[nH]c6ccccc67)cc5)cc4)ccc32)cc1. The third-order valence-electron chi connectivity index (χ3n) is 15.5. The van der Waals surface area contributed by atoms with Gasteiger partial charge in [0.05, 0.1) is 33.3 Å². The fraction of sp³-hybridized carbons (Fsp3) is 0. The molecule has 0 aliphatic carbocycles. The molecule has 3 heterocycles. The van der Waals surface area contributed by atoms with Gasteiger partial charge in [-0.3, -0.25) is 0 Å². The van der Waals surface area contributed by atoms with E-state index in [9.17, 15) is 0 Å². The van der Waals surface area contributed by atoms with Gasteiger partial charge in [-0.05, 0) is 136 Å². The molecule has 15 aromatic rings. The van der Waals surface area contributed by atoms with Crippen molar-refractivity contribution in [3.63, 3.8) is 0 Å². The van der Waals surface area contributed by atoms with Crippen LogP contribution in [0.3, 0.4) is 0 Å². The van der Waals surface area contributed by atoms with E-state index >= 15 is 0 Å². The molecular weight excluding hydrogens is 921 g/mol. The molecule has 3 aromatic heterocycles. The van der Waals surface area contributed by atoms with Gasteiger partial charge >= 0.3 is 0 Å². The minimum atomic E-state index is 1.08. The van der Waals surface area contributed by atoms with E-state index in [2.05, 4.69) is 304 Å². The molecule has 4 nitrogen and oxygen atoms in total. The number of H-pyrrole nitrogens is 1. The van der Waals surface area contributed by atoms with Crippen molar-refractivity contribution >= 4 is 82.5 Å². The zero-order valence-corrected chi connectivity index (χ0v) is 41.5. The molecule has 4 heteroatoms. The van der Waals surface area contributed by atoms with E-state index in [1.807, 2.05) is 0 Å². The van der Waals surface area contributed by atoms with Gasteiger partial charge in [-0.15, -0.1) is 0 Å². The van der Waals surface area contributed by atoms with Gasteiger partial charge in [0.1, 0.15) is 0 Å². The van der Waals surface area contributed by atoms with Crippen LogP contribution in [-0.4, -0.2) is 14.1 Å². The smallest absolute Gasteiger partial charge is 0.0709 e. The third kappa shape index (κ3) is 7.22. The third-order valence-corrected chi connectivity index (χ3v) is 15.5. The number of aromatic amines is 1. The summed E-state index contributed by atoms with van der Waals surface area (Å²) >= 11 is 0. The average Bonchev–Trinajstić information content (AvgIpc) is 4.16. The number of rotatable bonds is 9. The van der Waals surface area contributed by atoms with E-state index in [-0.39, 0.29) is 0 Å². The Balaban J connectivity index is 0.745. The Morgan fingerprint density at radius 2 is 0.645 bits per heavy atom. The lowest BCUT2D eigenvalue weighted by Gasteiger charge is -2.26. The van der Waals surface area contributed by atoms with Crippen molar-refractivity contribution < 1.29 is 0 Å². The van der Waals surface area contributed by atoms with Crippen LogP contribution in [0.1, 0.15) is 0 Å². The van der Waals surface area contributed by atoms with Crippen LogP contribution >= 0.6 is 0 Å². The second-order valence-electron chi connectivity index (χ2n) is 19.8. The second-order valence-corrected chi connectivity index (χ2v) is 19.8. The van der Waals surface area contributed by atoms with Crippen molar-refractivity contribution in [1.29, 1.82) is 0 Å². The van der Waals surface area contributed by atoms with Crippen LogP contribution in [0.2, 0.25) is 0 Å². The molecule has 356 valence electrons. The highest BCUT2D eigenvalue weighted by Crippen LogP contribution is 2.43. The monoisotopic (exact) mass is 968 g/mol. The van der Waals surface area contributed by atoms with Crippen LogP contribution in [0, 0.1) is 0 Å². The molecule has 15 rings (SSSR count). The van der Waals surface area contributed by atoms with Crippen molar-refractivity contribution in [1.82, 2.24) is 14.1 Å². The van der Waals surface area contributed by atoms with Crippen LogP contribution in [-0.2, 0) is 0 Å². The molecule has 0 atom stereocenters. The minimum Gasteiger partial charge on any atom is -0.353 e. The fourth-order valence-corrected chi connectivity index (χ4v) is 11.8. The fourth-order valence-electron chi connectivity index (χ4n) is 11.8. The summed E-state index contributed by atoms with van der Waals surface area (Å²) in [6, 6.07) is 104. The number of para-hydroxylation sites is 6. The molecule has 0 spiro atoms.